The van der Waals surface area contributed by atoms with Crippen LogP contribution in [0.1, 0.15) is 18.4 Å². The van der Waals surface area contributed by atoms with Gasteiger partial charge in [0.15, 0.2) is 0 Å². The van der Waals surface area contributed by atoms with Gasteiger partial charge in [0.25, 0.3) is 0 Å². The minimum Gasteiger partial charge on any atom is -0.392 e. The average molecular weight is 234 g/mol. The van der Waals surface area contributed by atoms with Crippen LogP contribution >= 0.6 is 12.2 Å². The molecule has 0 spiro atoms. The summed E-state index contributed by atoms with van der Waals surface area (Å²) in [7, 11) is 0. The van der Waals surface area contributed by atoms with E-state index in [1.807, 2.05) is 31.2 Å². The molecule has 1 aliphatic rings. The molecule has 1 fully saturated rings. The van der Waals surface area contributed by atoms with Gasteiger partial charge in [-0.1, -0.05) is 30.4 Å². The molecule has 1 aromatic rings. The van der Waals surface area contributed by atoms with Gasteiger partial charge in [0.05, 0.1) is 10.4 Å². The molecule has 2 rings (SSSR count). The second-order valence-corrected chi connectivity index (χ2v) is 4.66. The predicted octanol–water partition coefficient (Wildman–Crippen LogP) is 2.00. The molecule has 0 atom stereocenters. The molecule has 0 aromatic heterocycles. The molecule has 0 aliphatic heterocycles. The van der Waals surface area contributed by atoms with Gasteiger partial charge < -0.3 is 11.1 Å². The van der Waals surface area contributed by atoms with Crippen LogP contribution in [0.4, 0.5) is 5.69 Å². The summed E-state index contributed by atoms with van der Waals surface area (Å²) in [5.74, 6) is -0.0747. The lowest BCUT2D eigenvalue weighted by molar-refractivity contribution is -0.118. The van der Waals surface area contributed by atoms with E-state index in [1.54, 1.807) is 0 Å². The van der Waals surface area contributed by atoms with Crippen LogP contribution in [0.2, 0.25) is 0 Å². The zero-order valence-corrected chi connectivity index (χ0v) is 9.93. The van der Waals surface area contributed by atoms with Gasteiger partial charge in [0.2, 0.25) is 5.91 Å². The molecule has 0 unspecified atom stereocenters. The first-order valence-corrected chi connectivity index (χ1v) is 5.64. The van der Waals surface area contributed by atoms with Crippen molar-refractivity contribution in [3.05, 3.63) is 29.8 Å². The molecule has 16 heavy (non-hydrogen) atoms. The molecule has 1 aromatic carbocycles. The van der Waals surface area contributed by atoms with E-state index >= 15 is 0 Å². The van der Waals surface area contributed by atoms with Gasteiger partial charge in [-0.05, 0) is 31.4 Å². The van der Waals surface area contributed by atoms with E-state index in [0.29, 0.717) is 4.99 Å². The van der Waals surface area contributed by atoms with Gasteiger partial charge in [-0.3, -0.25) is 4.79 Å². The Hall–Kier alpha value is -1.42. The van der Waals surface area contributed by atoms with Crippen molar-refractivity contribution in [2.45, 2.75) is 19.8 Å². The molecule has 84 valence electrons. The molecule has 1 aliphatic carbocycles. The second-order valence-electron chi connectivity index (χ2n) is 4.22. The summed E-state index contributed by atoms with van der Waals surface area (Å²) in [6, 6.07) is 7.66. The van der Waals surface area contributed by atoms with Crippen LogP contribution in [-0.2, 0) is 4.79 Å². The summed E-state index contributed by atoms with van der Waals surface area (Å²) in [4.78, 5) is 12.3. The van der Waals surface area contributed by atoms with Crippen LogP contribution in [0.3, 0.4) is 0 Å². The normalized spacial score (nSPS) is 16.6. The number of anilines is 1. The number of aryl methyl sites for hydroxylation is 1. The fraction of sp³-hybridized carbons (Fsp3) is 0.333. The van der Waals surface area contributed by atoms with E-state index in [2.05, 4.69) is 5.32 Å². The third-order valence-electron chi connectivity index (χ3n) is 3.05. The topological polar surface area (TPSA) is 55.1 Å². The monoisotopic (exact) mass is 234 g/mol. The summed E-state index contributed by atoms with van der Waals surface area (Å²) in [6.07, 6.45) is 1.53. The molecule has 0 bridgehead atoms. The Kier molecular flexibility index (Phi) is 2.68. The summed E-state index contributed by atoms with van der Waals surface area (Å²) in [6.45, 7) is 1.95. The number of benzene rings is 1. The van der Waals surface area contributed by atoms with Crippen molar-refractivity contribution in [3.8, 4) is 0 Å². The Morgan fingerprint density at radius 3 is 2.56 bits per heavy atom. The van der Waals surface area contributed by atoms with Crippen LogP contribution < -0.4 is 11.1 Å². The maximum Gasteiger partial charge on any atom is 0.237 e. The summed E-state index contributed by atoms with van der Waals surface area (Å²) in [5.41, 5.74) is 6.88. The summed E-state index contributed by atoms with van der Waals surface area (Å²) < 4.78 is 0. The van der Waals surface area contributed by atoms with Crippen molar-refractivity contribution in [3.63, 3.8) is 0 Å². The lowest BCUT2D eigenvalue weighted by Gasteiger charge is -2.14. The number of carbonyl (C=O) groups is 1. The maximum absolute atomic E-state index is 12.0. The van der Waals surface area contributed by atoms with Gasteiger partial charge >= 0.3 is 0 Å². The van der Waals surface area contributed by atoms with E-state index in [1.165, 1.54) is 0 Å². The van der Waals surface area contributed by atoms with Crippen molar-refractivity contribution in [2.24, 2.45) is 11.1 Å². The van der Waals surface area contributed by atoms with Crippen molar-refractivity contribution < 1.29 is 4.79 Å². The number of amides is 1. The smallest absolute Gasteiger partial charge is 0.237 e. The van der Waals surface area contributed by atoms with Crippen LogP contribution in [0.15, 0.2) is 24.3 Å². The van der Waals surface area contributed by atoms with E-state index in [-0.39, 0.29) is 5.91 Å². The molecule has 0 heterocycles. The zero-order valence-electron chi connectivity index (χ0n) is 9.12. The summed E-state index contributed by atoms with van der Waals surface area (Å²) >= 11 is 4.94. The molecule has 4 heteroatoms. The van der Waals surface area contributed by atoms with Crippen molar-refractivity contribution in [2.75, 3.05) is 5.32 Å². The van der Waals surface area contributed by atoms with Gasteiger partial charge in [0.1, 0.15) is 0 Å². The highest BCUT2D eigenvalue weighted by Gasteiger charge is 2.52. The third kappa shape index (κ3) is 1.80. The predicted molar refractivity (Wildman–Crippen MR) is 68.3 cm³/mol. The molecule has 3 nitrogen and oxygen atoms in total. The van der Waals surface area contributed by atoms with Gasteiger partial charge in [-0.15, -0.1) is 0 Å². The fourth-order valence-electron chi connectivity index (χ4n) is 1.67. The third-order valence-corrected chi connectivity index (χ3v) is 3.44. The SMILES string of the molecule is Cc1ccccc1NC(=O)C1(C(N)=S)CC1. The largest absolute Gasteiger partial charge is 0.392 e. The van der Waals surface area contributed by atoms with Crippen LogP contribution in [-0.4, -0.2) is 10.9 Å². The van der Waals surface area contributed by atoms with Crippen LogP contribution in [0.5, 0.6) is 0 Å². The quantitative estimate of drug-likeness (QED) is 0.786. The standard InChI is InChI=1S/C12H14N2OS/c1-8-4-2-3-5-9(8)14-11(15)12(6-7-12)10(13)16/h2-5H,6-7H2,1H3,(H2,13,16)(H,14,15). The molecular formula is C12H14N2OS. The number of nitrogens with one attached hydrogen (secondary N) is 1. The molecule has 0 saturated heterocycles. The van der Waals surface area contributed by atoms with Crippen molar-refractivity contribution >= 4 is 28.8 Å². The Balaban J connectivity index is 2.15. The maximum atomic E-state index is 12.0. The van der Waals surface area contributed by atoms with E-state index in [0.717, 1.165) is 24.1 Å². The molecule has 1 amide bonds. The Bertz CT molecular complexity index is 452. The highest BCUT2D eigenvalue weighted by Crippen LogP contribution is 2.46. The number of carbonyl (C=O) groups excluding carboxylic acids is 1. The molecule has 3 N–H and O–H groups in total. The van der Waals surface area contributed by atoms with Crippen LogP contribution in [0, 0.1) is 12.3 Å². The minimum atomic E-state index is -0.586. The first-order valence-electron chi connectivity index (χ1n) is 5.23. The number of rotatable bonds is 3. The fourth-order valence-corrected chi connectivity index (χ4v) is 1.96. The lowest BCUT2D eigenvalue weighted by Crippen LogP contribution is -2.35. The van der Waals surface area contributed by atoms with Gasteiger partial charge in [-0.25, -0.2) is 0 Å². The van der Waals surface area contributed by atoms with Gasteiger partial charge in [0, 0.05) is 5.69 Å². The average Bonchev–Trinajstić information content (AvgIpc) is 3.02. The number of para-hydroxylation sites is 1. The number of thiocarbonyl (C=S) groups is 1. The first kappa shape index (κ1) is 11.1. The zero-order chi connectivity index (χ0) is 11.8. The van der Waals surface area contributed by atoms with E-state index < -0.39 is 5.41 Å². The van der Waals surface area contributed by atoms with Crippen molar-refractivity contribution in [1.29, 1.82) is 0 Å². The van der Waals surface area contributed by atoms with Gasteiger partial charge in [-0.2, -0.15) is 0 Å². The number of nitrogens with two attached hydrogens (primary N) is 1. The van der Waals surface area contributed by atoms with E-state index in [4.69, 9.17) is 18.0 Å². The number of hydrogen-bond acceptors (Lipinski definition) is 2. The van der Waals surface area contributed by atoms with Crippen molar-refractivity contribution in [1.82, 2.24) is 0 Å². The molecular weight excluding hydrogens is 220 g/mol. The second kappa shape index (κ2) is 3.87. The lowest BCUT2D eigenvalue weighted by atomic mass is 10.1. The van der Waals surface area contributed by atoms with Crippen LogP contribution in [0.25, 0.3) is 0 Å². The minimum absolute atomic E-state index is 0.0747. The van der Waals surface area contributed by atoms with E-state index in [9.17, 15) is 4.79 Å². The first-order chi connectivity index (χ1) is 7.56. The Morgan fingerprint density at radius 1 is 1.44 bits per heavy atom. The Morgan fingerprint density at radius 2 is 2.06 bits per heavy atom. The highest BCUT2D eigenvalue weighted by atomic mass is 32.1. The molecule has 1 saturated carbocycles. The Labute approximate surface area is 100 Å². The highest BCUT2D eigenvalue weighted by molar-refractivity contribution is 7.80. The number of hydrogen-bond donors (Lipinski definition) is 2. The summed E-state index contributed by atoms with van der Waals surface area (Å²) in [5, 5.41) is 2.89. The molecule has 0 radical (unpaired) electrons.